The second kappa shape index (κ2) is 6.23. The molecule has 14 heavy (non-hydrogen) atoms. The summed E-state index contributed by atoms with van der Waals surface area (Å²) in [6.07, 6.45) is 10.6. The van der Waals surface area contributed by atoms with Crippen LogP contribution in [-0.2, 0) is 0 Å². The molecular weight excluding hydrogens is 170 g/mol. The zero-order valence-corrected chi connectivity index (χ0v) is 9.60. The average Bonchev–Trinajstić information content (AvgIpc) is 2.63. The van der Waals surface area contributed by atoms with E-state index < -0.39 is 0 Å². The first-order valence-corrected chi connectivity index (χ1v) is 6.08. The maximum atomic E-state index is 6.06. The summed E-state index contributed by atoms with van der Waals surface area (Å²) in [5, 5.41) is 0. The van der Waals surface area contributed by atoms with Gasteiger partial charge in [0.15, 0.2) is 0 Å². The summed E-state index contributed by atoms with van der Waals surface area (Å²) >= 11 is 0. The van der Waals surface area contributed by atoms with Gasteiger partial charge in [-0.1, -0.05) is 31.3 Å². The minimum atomic E-state index is 0.410. The maximum absolute atomic E-state index is 6.06. The van der Waals surface area contributed by atoms with Crippen LogP contribution in [0, 0.1) is 5.92 Å². The maximum Gasteiger partial charge on any atom is 0.00419 e. The molecule has 1 heteroatoms. The molecule has 0 spiro atoms. The second-order valence-corrected chi connectivity index (χ2v) is 4.98. The number of nitrogens with two attached hydrogens (primary N) is 1. The Kier molecular flexibility index (Phi) is 5.24. The van der Waals surface area contributed by atoms with Gasteiger partial charge in [0.1, 0.15) is 0 Å². The van der Waals surface area contributed by atoms with Crippen molar-refractivity contribution in [3.05, 3.63) is 12.2 Å². The molecule has 0 heterocycles. The third-order valence-corrected chi connectivity index (χ3v) is 3.36. The molecule has 0 aromatic carbocycles. The number of hydrogen-bond acceptors (Lipinski definition) is 1. The fourth-order valence-corrected chi connectivity index (χ4v) is 2.32. The van der Waals surface area contributed by atoms with Gasteiger partial charge >= 0.3 is 0 Å². The van der Waals surface area contributed by atoms with E-state index in [2.05, 4.69) is 13.5 Å². The third kappa shape index (κ3) is 4.80. The highest BCUT2D eigenvalue weighted by Crippen LogP contribution is 2.29. The van der Waals surface area contributed by atoms with E-state index >= 15 is 0 Å². The predicted molar refractivity (Wildman–Crippen MR) is 63.2 cm³/mol. The Labute approximate surface area is 88.8 Å². The van der Waals surface area contributed by atoms with E-state index in [0.29, 0.717) is 6.04 Å². The fraction of sp³-hybridized carbons (Fsp3) is 0.846. The monoisotopic (exact) mass is 195 g/mol. The van der Waals surface area contributed by atoms with Crippen LogP contribution < -0.4 is 5.73 Å². The summed E-state index contributed by atoms with van der Waals surface area (Å²) in [5.74, 6) is 0.992. The molecule has 0 amide bonds. The summed E-state index contributed by atoms with van der Waals surface area (Å²) in [7, 11) is 0. The lowest BCUT2D eigenvalue weighted by molar-refractivity contribution is 0.437. The van der Waals surface area contributed by atoms with E-state index in [4.69, 9.17) is 5.73 Å². The zero-order valence-electron chi connectivity index (χ0n) is 9.60. The average molecular weight is 195 g/mol. The molecule has 0 bridgehead atoms. The molecule has 0 radical (unpaired) electrons. The first kappa shape index (κ1) is 11.8. The SMILES string of the molecule is C=C(C)CCC(N)CCC1CCCC1. The summed E-state index contributed by atoms with van der Waals surface area (Å²) in [6, 6.07) is 0.410. The van der Waals surface area contributed by atoms with Gasteiger partial charge in [0.25, 0.3) is 0 Å². The second-order valence-electron chi connectivity index (χ2n) is 4.98. The normalized spacial score (nSPS) is 19.9. The van der Waals surface area contributed by atoms with E-state index in [9.17, 15) is 0 Å². The molecule has 1 nitrogen and oxygen atoms in total. The largest absolute Gasteiger partial charge is 0.328 e. The van der Waals surface area contributed by atoms with Crippen molar-refractivity contribution < 1.29 is 0 Å². The van der Waals surface area contributed by atoms with E-state index in [1.807, 2.05) is 0 Å². The first-order chi connectivity index (χ1) is 6.68. The van der Waals surface area contributed by atoms with Crippen molar-refractivity contribution in [1.82, 2.24) is 0 Å². The predicted octanol–water partition coefficient (Wildman–Crippen LogP) is 3.64. The molecule has 0 saturated heterocycles. The van der Waals surface area contributed by atoms with Gasteiger partial charge in [0.05, 0.1) is 0 Å². The molecule has 1 fully saturated rings. The van der Waals surface area contributed by atoms with Crippen molar-refractivity contribution in [3.8, 4) is 0 Å². The van der Waals surface area contributed by atoms with E-state index in [1.165, 1.54) is 44.1 Å². The molecule has 0 aromatic rings. The van der Waals surface area contributed by atoms with E-state index in [0.717, 1.165) is 18.8 Å². The summed E-state index contributed by atoms with van der Waals surface area (Å²) in [5.41, 5.74) is 7.32. The molecule has 1 rings (SSSR count). The van der Waals surface area contributed by atoms with E-state index in [1.54, 1.807) is 0 Å². The Morgan fingerprint density at radius 3 is 2.57 bits per heavy atom. The van der Waals surface area contributed by atoms with E-state index in [-0.39, 0.29) is 0 Å². The Morgan fingerprint density at radius 2 is 2.00 bits per heavy atom. The van der Waals surface area contributed by atoms with Gasteiger partial charge in [-0.25, -0.2) is 0 Å². The highest BCUT2D eigenvalue weighted by Gasteiger charge is 2.15. The molecule has 0 aromatic heterocycles. The smallest absolute Gasteiger partial charge is 0.00419 e. The third-order valence-electron chi connectivity index (χ3n) is 3.36. The van der Waals surface area contributed by atoms with Gasteiger partial charge in [0, 0.05) is 6.04 Å². The molecule has 1 aliphatic rings. The van der Waals surface area contributed by atoms with Gasteiger partial charge in [-0.3, -0.25) is 0 Å². The Balaban J connectivity index is 2.02. The fourth-order valence-electron chi connectivity index (χ4n) is 2.32. The molecule has 2 N–H and O–H groups in total. The zero-order chi connectivity index (χ0) is 10.4. The van der Waals surface area contributed by atoms with Crippen molar-refractivity contribution in [2.45, 2.75) is 64.3 Å². The lowest BCUT2D eigenvalue weighted by Gasteiger charge is -2.14. The van der Waals surface area contributed by atoms with Crippen LogP contribution in [-0.4, -0.2) is 6.04 Å². The summed E-state index contributed by atoms with van der Waals surface area (Å²) < 4.78 is 0. The highest BCUT2D eigenvalue weighted by atomic mass is 14.6. The van der Waals surface area contributed by atoms with Crippen LogP contribution in [0.4, 0.5) is 0 Å². The van der Waals surface area contributed by atoms with Gasteiger partial charge < -0.3 is 5.73 Å². The molecule has 1 saturated carbocycles. The lowest BCUT2D eigenvalue weighted by Crippen LogP contribution is -2.20. The van der Waals surface area contributed by atoms with Crippen LogP contribution >= 0.6 is 0 Å². The van der Waals surface area contributed by atoms with Crippen molar-refractivity contribution in [3.63, 3.8) is 0 Å². The molecule has 1 unspecified atom stereocenters. The van der Waals surface area contributed by atoms with Crippen LogP contribution in [0.1, 0.15) is 58.3 Å². The first-order valence-electron chi connectivity index (χ1n) is 6.08. The Morgan fingerprint density at radius 1 is 1.36 bits per heavy atom. The standard InChI is InChI=1S/C13H25N/c1-11(2)7-9-13(14)10-8-12-5-3-4-6-12/h12-13H,1,3-10,14H2,2H3. The van der Waals surface area contributed by atoms with Crippen molar-refractivity contribution in [2.75, 3.05) is 0 Å². The number of rotatable bonds is 6. The molecule has 1 aliphatic carbocycles. The van der Waals surface area contributed by atoms with Gasteiger partial charge in [-0.2, -0.15) is 0 Å². The number of allylic oxidation sites excluding steroid dienone is 1. The molecular formula is C13H25N. The highest BCUT2D eigenvalue weighted by molar-refractivity contribution is 4.88. The number of hydrogen-bond donors (Lipinski definition) is 1. The van der Waals surface area contributed by atoms with Crippen LogP contribution in [0.2, 0.25) is 0 Å². The van der Waals surface area contributed by atoms with Crippen LogP contribution in [0.25, 0.3) is 0 Å². The quantitative estimate of drug-likeness (QED) is 0.643. The summed E-state index contributed by atoms with van der Waals surface area (Å²) in [4.78, 5) is 0. The van der Waals surface area contributed by atoms with Crippen LogP contribution in [0.3, 0.4) is 0 Å². The molecule has 0 aliphatic heterocycles. The minimum absolute atomic E-state index is 0.410. The molecule has 82 valence electrons. The van der Waals surface area contributed by atoms with Gasteiger partial charge in [-0.15, -0.1) is 6.58 Å². The Hall–Kier alpha value is -0.300. The van der Waals surface area contributed by atoms with Gasteiger partial charge in [0.2, 0.25) is 0 Å². The minimum Gasteiger partial charge on any atom is -0.328 e. The molecule has 1 atom stereocenters. The van der Waals surface area contributed by atoms with Crippen molar-refractivity contribution >= 4 is 0 Å². The van der Waals surface area contributed by atoms with Crippen LogP contribution in [0.15, 0.2) is 12.2 Å². The summed E-state index contributed by atoms with van der Waals surface area (Å²) in [6.45, 7) is 6.00. The van der Waals surface area contributed by atoms with Gasteiger partial charge in [-0.05, 0) is 38.5 Å². The topological polar surface area (TPSA) is 26.0 Å². The van der Waals surface area contributed by atoms with Crippen molar-refractivity contribution in [2.24, 2.45) is 11.7 Å². The lowest BCUT2D eigenvalue weighted by atomic mass is 9.96. The Bertz CT molecular complexity index is 168. The van der Waals surface area contributed by atoms with Crippen LogP contribution in [0.5, 0.6) is 0 Å². The van der Waals surface area contributed by atoms with Crippen molar-refractivity contribution in [1.29, 1.82) is 0 Å².